The van der Waals surface area contributed by atoms with Crippen LogP contribution < -0.4 is 0 Å². The molecule has 0 amide bonds. The Labute approximate surface area is 74.6 Å². The molecule has 1 aromatic rings. The molecule has 0 aliphatic rings. The average Bonchev–Trinajstić information content (AvgIpc) is 2.07. The van der Waals surface area contributed by atoms with Gasteiger partial charge in [-0.2, -0.15) is 0 Å². The van der Waals surface area contributed by atoms with Gasteiger partial charge < -0.3 is 0 Å². The maximum absolute atomic E-state index is 8.61. The first-order valence-corrected chi connectivity index (χ1v) is 4.34. The van der Waals surface area contributed by atoms with Crippen LogP contribution in [-0.2, 0) is 0 Å². The molecule has 1 nitrogen and oxygen atoms in total. The van der Waals surface area contributed by atoms with Gasteiger partial charge in [-0.3, -0.25) is 0 Å². The van der Waals surface area contributed by atoms with Crippen LogP contribution in [0, 0.1) is 0 Å². The number of rotatable bonds is 2. The summed E-state index contributed by atoms with van der Waals surface area (Å²) in [6, 6.07) is 9.96. The van der Waals surface area contributed by atoms with E-state index < -0.39 is 0 Å². The molecular weight excluding hydrogens is 203 g/mol. The third kappa shape index (κ3) is 2.51. The fourth-order valence-corrected chi connectivity index (χ4v) is 1.30. The Balaban J connectivity index is 2.85. The van der Waals surface area contributed by atoms with Gasteiger partial charge in [-0.05, 0) is 0 Å². The van der Waals surface area contributed by atoms with E-state index in [4.69, 9.17) is 5.11 Å². The van der Waals surface area contributed by atoms with Crippen LogP contribution in [0.25, 0.3) is 4.47 Å². The van der Waals surface area contributed by atoms with Crippen LogP contribution in [-0.4, -0.2) is 27.7 Å². The zero-order valence-electron chi connectivity index (χ0n) is 6.07. The molecule has 0 saturated heterocycles. The first kappa shape index (κ1) is 8.54. The van der Waals surface area contributed by atoms with Crippen molar-refractivity contribution in [3.63, 3.8) is 0 Å². The van der Waals surface area contributed by atoms with E-state index >= 15 is 0 Å². The summed E-state index contributed by atoms with van der Waals surface area (Å²) < 4.78 is 1.06. The molecule has 1 aromatic carbocycles. The molecule has 0 fully saturated rings. The van der Waals surface area contributed by atoms with Gasteiger partial charge in [0.2, 0.25) is 0 Å². The van der Waals surface area contributed by atoms with Gasteiger partial charge in [0, 0.05) is 0 Å². The molecule has 2 heteroatoms. The molecule has 0 bridgehead atoms. The van der Waals surface area contributed by atoms with Crippen LogP contribution in [0.1, 0.15) is 5.56 Å². The minimum absolute atomic E-state index is 0.0962. The van der Waals surface area contributed by atoms with Gasteiger partial charge >= 0.3 is 74.2 Å². The molecule has 58 valence electrons. The summed E-state index contributed by atoms with van der Waals surface area (Å²) in [6.07, 6.45) is 1.77. The summed E-state index contributed by atoms with van der Waals surface area (Å²) in [6.45, 7) is 0.0962. The van der Waals surface area contributed by atoms with Gasteiger partial charge in [-0.25, -0.2) is 0 Å². The summed E-state index contributed by atoms with van der Waals surface area (Å²) >= 11 is 2.44. The fourth-order valence-electron chi connectivity index (χ4n) is 0.813. The summed E-state index contributed by atoms with van der Waals surface area (Å²) in [5.41, 5.74) is 1.14. The second-order valence-corrected chi connectivity index (χ2v) is 3.15. The van der Waals surface area contributed by atoms with Crippen molar-refractivity contribution in [3.8, 4) is 0 Å². The quantitative estimate of drug-likeness (QED) is 0.724. The van der Waals surface area contributed by atoms with Crippen LogP contribution in [0.15, 0.2) is 36.4 Å². The van der Waals surface area contributed by atoms with Crippen LogP contribution in [0.4, 0.5) is 0 Å². The Morgan fingerprint density at radius 3 is 2.55 bits per heavy atom. The molecule has 0 saturated carbocycles. The van der Waals surface area contributed by atoms with E-state index in [2.05, 4.69) is 16.0 Å². The second-order valence-electron chi connectivity index (χ2n) is 2.14. The fraction of sp³-hybridized carbons (Fsp3) is 0.111. The Bertz CT molecular complexity index is 241. The van der Waals surface area contributed by atoms with Crippen LogP contribution >= 0.6 is 0 Å². The summed E-state index contributed by atoms with van der Waals surface area (Å²) in [5.74, 6) is 0. The average molecular weight is 213 g/mol. The van der Waals surface area contributed by atoms with Crippen LogP contribution in [0.5, 0.6) is 0 Å². The standard InChI is InChI=1S/C9H10OSe/c10-7-6-9(11)8-4-2-1-3-5-8/h1-6,10-11H,7H2. The Hall–Kier alpha value is -0.561. The molecule has 11 heavy (non-hydrogen) atoms. The van der Waals surface area contributed by atoms with Crippen molar-refractivity contribution in [2.24, 2.45) is 0 Å². The van der Waals surface area contributed by atoms with E-state index in [-0.39, 0.29) is 6.61 Å². The third-order valence-corrected chi connectivity index (χ3v) is 2.28. The Kier molecular flexibility index (Phi) is 3.37. The Morgan fingerprint density at radius 2 is 2.00 bits per heavy atom. The van der Waals surface area contributed by atoms with Gasteiger partial charge in [0.1, 0.15) is 0 Å². The maximum atomic E-state index is 8.61. The summed E-state index contributed by atoms with van der Waals surface area (Å²) in [5, 5.41) is 8.61. The van der Waals surface area contributed by atoms with E-state index in [9.17, 15) is 0 Å². The van der Waals surface area contributed by atoms with Crippen molar-refractivity contribution in [3.05, 3.63) is 42.0 Å². The van der Waals surface area contributed by atoms with E-state index in [1.54, 1.807) is 6.08 Å². The first-order valence-electron chi connectivity index (χ1n) is 3.40. The van der Waals surface area contributed by atoms with E-state index in [1.165, 1.54) is 0 Å². The van der Waals surface area contributed by atoms with Crippen molar-refractivity contribution in [1.82, 2.24) is 0 Å². The summed E-state index contributed by atoms with van der Waals surface area (Å²) in [4.78, 5) is 0. The number of aliphatic hydroxyl groups is 1. The summed E-state index contributed by atoms with van der Waals surface area (Å²) in [7, 11) is 0. The molecule has 0 unspecified atom stereocenters. The van der Waals surface area contributed by atoms with Gasteiger partial charge in [-0.1, -0.05) is 0 Å². The third-order valence-electron chi connectivity index (χ3n) is 1.35. The second kappa shape index (κ2) is 4.34. The van der Waals surface area contributed by atoms with Gasteiger partial charge in [0.25, 0.3) is 0 Å². The van der Waals surface area contributed by atoms with Crippen LogP contribution in [0.3, 0.4) is 0 Å². The topological polar surface area (TPSA) is 20.2 Å². The van der Waals surface area contributed by atoms with E-state index in [0.29, 0.717) is 0 Å². The van der Waals surface area contributed by atoms with Gasteiger partial charge in [-0.15, -0.1) is 0 Å². The number of hydrogen-bond acceptors (Lipinski definition) is 1. The Morgan fingerprint density at radius 1 is 1.36 bits per heavy atom. The van der Waals surface area contributed by atoms with Crippen molar-refractivity contribution in [1.29, 1.82) is 0 Å². The molecule has 1 N–H and O–H groups in total. The number of hydrogen-bond donors (Lipinski definition) is 1. The van der Waals surface area contributed by atoms with Gasteiger partial charge in [0.15, 0.2) is 0 Å². The first-order chi connectivity index (χ1) is 5.34. The SMILES string of the molecule is OCC=C([SeH])c1ccccc1. The number of benzene rings is 1. The normalized spacial score (nSPS) is 11.6. The van der Waals surface area contributed by atoms with E-state index in [1.807, 2.05) is 30.3 Å². The molecular formula is C9H10OSe. The molecule has 0 spiro atoms. The predicted octanol–water partition coefficient (Wildman–Crippen LogP) is 0.921. The molecule has 0 aliphatic carbocycles. The van der Waals surface area contributed by atoms with Gasteiger partial charge in [0.05, 0.1) is 0 Å². The van der Waals surface area contributed by atoms with Crippen LogP contribution in [0.2, 0.25) is 0 Å². The molecule has 0 heterocycles. The van der Waals surface area contributed by atoms with Crippen molar-refractivity contribution in [2.45, 2.75) is 0 Å². The zero-order valence-corrected chi connectivity index (χ0v) is 7.94. The number of aliphatic hydroxyl groups excluding tert-OH is 1. The monoisotopic (exact) mass is 214 g/mol. The molecule has 1 rings (SSSR count). The molecule has 0 atom stereocenters. The van der Waals surface area contributed by atoms with E-state index in [0.717, 1.165) is 10.0 Å². The van der Waals surface area contributed by atoms with Crippen molar-refractivity contribution >= 4 is 20.5 Å². The molecule has 0 radical (unpaired) electrons. The predicted molar refractivity (Wildman–Crippen MR) is 48.7 cm³/mol. The van der Waals surface area contributed by atoms with Crippen molar-refractivity contribution in [2.75, 3.05) is 6.61 Å². The minimum atomic E-state index is 0.0962. The molecule has 0 aliphatic heterocycles. The molecule has 0 aromatic heterocycles. The zero-order chi connectivity index (χ0) is 8.10. The van der Waals surface area contributed by atoms with Crippen molar-refractivity contribution < 1.29 is 5.11 Å².